The number of benzene rings is 1. The molecule has 1 N–H and O–H groups in total. The highest BCUT2D eigenvalue weighted by Crippen LogP contribution is 2.28. The summed E-state index contributed by atoms with van der Waals surface area (Å²) in [4.78, 5) is 23.3. The summed E-state index contributed by atoms with van der Waals surface area (Å²) in [6.07, 6.45) is 5.66. The van der Waals surface area contributed by atoms with Crippen molar-refractivity contribution in [2.24, 2.45) is 0 Å². The van der Waals surface area contributed by atoms with E-state index in [1.165, 1.54) is 30.3 Å². The normalized spacial score (nSPS) is 16.0. The zero-order chi connectivity index (χ0) is 16.7. The van der Waals surface area contributed by atoms with Crippen molar-refractivity contribution in [3.05, 3.63) is 41.7 Å². The lowest BCUT2D eigenvalue weighted by molar-refractivity contribution is -0.144. The van der Waals surface area contributed by atoms with Crippen LogP contribution in [0.1, 0.15) is 31.2 Å². The number of nitriles is 1. The summed E-state index contributed by atoms with van der Waals surface area (Å²) in [6, 6.07) is 7.72. The second kappa shape index (κ2) is 7.54. The second-order valence-electron chi connectivity index (χ2n) is 5.44. The molecule has 0 atom stereocenters. The molecule has 23 heavy (non-hydrogen) atoms. The van der Waals surface area contributed by atoms with Crippen molar-refractivity contribution in [3.8, 4) is 6.07 Å². The van der Waals surface area contributed by atoms with E-state index in [4.69, 9.17) is 10.00 Å². The molecule has 1 fully saturated rings. The van der Waals surface area contributed by atoms with Gasteiger partial charge in [-0.2, -0.15) is 5.26 Å². The van der Waals surface area contributed by atoms with Gasteiger partial charge >= 0.3 is 5.97 Å². The van der Waals surface area contributed by atoms with Crippen LogP contribution in [0.2, 0.25) is 0 Å². The lowest BCUT2D eigenvalue weighted by atomic mass is 10.00. The first-order valence-electron chi connectivity index (χ1n) is 7.36. The maximum atomic E-state index is 12.7. The van der Waals surface area contributed by atoms with E-state index in [9.17, 15) is 14.0 Å². The van der Waals surface area contributed by atoms with E-state index in [0.29, 0.717) is 18.4 Å². The van der Waals surface area contributed by atoms with E-state index in [1.807, 2.05) is 0 Å². The van der Waals surface area contributed by atoms with Crippen molar-refractivity contribution >= 4 is 18.0 Å². The van der Waals surface area contributed by atoms with E-state index >= 15 is 0 Å². The molecule has 2 rings (SSSR count). The summed E-state index contributed by atoms with van der Waals surface area (Å²) in [6.45, 7) is -0.435. The SMILES string of the molecule is N#CC1(NC(=O)COC(=O)/C=C/c2ccc(F)cc2)CCCC1. The molecule has 0 spiro atoms. The van der Waals surface area contributed by atoms with Gasteiger partial charge in [-0.3, -0.25) is 4.79 Å². The van der Waals surface area contributed by atoms with Crippen molar-refractivity contribution in [2.75, 3.05) is 6.61 Å². The molecule has 1 aromatic carbocycles. The third-order valence-electron chi connectivity index (χ3n) is 3.68. The van der Waals surface area contributed by atoms with Crippen molar-refractivity contribution in [3.63, 3.8) is 0 Å². The molecule has 0 aliphatic heterocycles. The standard InChI is InChI=1S/C17H17FN2O3/c18-14-6-3-13(4-7-14)5-8-16(22)23-11-15(21)20-17(12-19)9-1-2-10-17/h3-8H,1-2,9-11H2,(H,20,21)/b8-5+. The van der Waals surface area contributed by atoms with Crippen LogP contribution >= 0.6 is 0 Å². The topological polar surface area (TPSA) is 79.2 Å². The number of nitrogens with one attached hydrogen (secondary N) is 1. The van der Waals surface area contributed by atoms with Crippen LogP contribution in [-0.4, -0.2) is 24.0 Å². The number of halogens is 1. The molecule has 6 heteroatoms. The largest absolute Gasteiger partial charge is 0.452 e. The van der Waals surface area contributed by atoms with Gasteiger partial charge < -0.3 is 10.1 Å². The predicted molar refractivity (Wildman–Crippen MR) is 81.3 cm³/mol. The summed E-state index contributed by atoms with van der Waals surface area (Å²) >= 11 is 0. The fraction of sp³-hybridized carbons (Fsp3) is 0.353. The van der Waals surface area contributed by atoms with Gasteiger partial charge in [0.05, 0.1) is 6.07 Å². The van der Waals surface area contributed by atoms with E-state index in [2.05, 4.69) is 11.4 Å². The van der Waals surface area contributed by atoms with Gasteiger partial charge in [0.25, 0.3) is 5.91 Å². The van der Waals surface area contributed by atoms with E-state index < -0.39 is 24.0 Å². The predicted octanol–water partition coefficient (Wildman–Crippen LogP) is 2.33. The molecule has 1 saturated carbocycles. The Morgan fingerprint density at radius 2 is 1.96 bits per heavy atom. The number of carbonyl (C=O) groups excluding carboxylic acids is 2. The van der Waals surface area contributed by atoms with Crippen LogP contribution in [-0.2, 0) is 14.3 Å². The van der Waals surface area contributed by atoms with Crippen LogP contribution in [0.15, 0.2) is 30.3 Å². The molecule has 1 aliphatic rings. The number of nitrogens with zero attached hydrogens (tertiary/aromatic N) is 1. The Hall–Kier alpha value is -2.68. The van der Waals surface area contributed by atoms with Crippen LogP contribution in [0.4, 0.5) is 4.39 Å². The molecule has 120 valence electrons. The van der Waals surface area contributed by atoms with E-state index in [0.717, 1.165) is 18.9 Å². The minimum absolute atomic E-state index is 0.361. The maximum Gasteiger partial charge on any atom is 0.331 e. The highest BCUT2D eigenvalue weighted by molar-refractivity contribution is 5.89. The van der Waals surface area contributed by atoms with Crippen molar-refractivity contribution in [1.29, 1.82) is 5.26 Å². The zero-order valence-corrected chi connectivity index (χ0v) is 12.5. The minimum Gasteiger partial charge on any atom is -0.452 e. The average Bonchev–Trinajstić information content (AvgIpc) is 3.01. The van der Waals surface area contributed by atoms with Gasteiger partial charge in [0.1, 0.15) is 11.4 Å². The molecule has 5 nitrogen and oxygen atoms in total. The molecule has 1 amide bonds. The lowest BCUT2D eigenvalue weighted by Crippen LogP contribution is -2.46. The summed E-state index contributed by atoms with van der Waals surface area (Å²) in [5.41, 5.74) is -0.185. The molecule has 0 aromatic heterocycles. The van der Waals surface area contributed by atoms with Gasteiger partial charge in [0, 0.05) is 6.08 Å². The highest BCUT2D eigenvalue weighted by Gasteiger charge is 2.35. The van der Waals surface area contributed by atoms with Gasteiger partial charge in [-0.05, 0) is 49.5 Å². The van der Waals surface area contributed by atoms with Crippen molar-refractivity contribution in [2.45, 2.75) is 31.2 Å². The summed E-state index contributed by atoms with van der Waals surface area (Å²) < 4.78 is 17.6. The van der Waals surface area contributed by atoms with Gasteiger partial charge in [-0.1, -0.05) is 12.1 Å². The first kappa shape index (κ1) is 16.7. The Labute approximate surface area is 133 Å². The van der Waals surface area contributed by atoms with Gasteiger partial charge in [-0.15, -0.1) is 0 Å². The molecule has 0 bridgehead atoms. The number of amides is 1. The van der Waals surface area contributed by atoms with Crippen LogP contribution in [0, 0.1) is 17.1 Å². The van der Waals surface area contributed by atoms with E-state index in [-0.39, 0.29) is 5.82 Å². The number of carbonyl (C=O) groups is 2. The first-order chi connectivity index (χ1) is 11.0. The fourth-order valence-corrected chi connectivity index (χ4v) is 2.47. The minimum atomic E-state index is -0.826. The third-order valence-corrected chi connectivity index (χ3v) is 3.68. The summed E-state index contributed by atoms with van der Waals surface area (Å²) in [5, 5.41) is 11.8. The number of ether oxygens (including phenoxy) is 1. The lowest BCUT2D eigenvalue weighted by Gasteiger charge is -2.21. The Morgan fingerprint density at radius 3 is 2.57 bits per heavy atom. The molecular formula is C17H17FN2O3. The number of rotatable bonds is 5. The van der Waals surface area contributed by atoms with Gasteiger partial charge in [0.15, 0.2) is 6.61 Å². The van der Waals surface area contributed by atoms with Crippen LogP contribution < -0.4 is 5.32 Å². The van der Waals surface area contributed by atoms with Crippen LogP contribution in [0.5, 0.6) is 0 Å². The summed E-state index contributed by atoms with van der Waals surface area (Å²) in [7, 11) is 0. The number of esters is 1. The number of hydrogen-bond donors (Lipinski definition) is 1. The molecule has 0 saturated heterocycles. The van der Waals surface area contributed by atoms with Crippen LogP contribution in [0.25, 0.3) is 6.08 Å². The second-order valence-corrected chi connectivity index (χ2v) is 5.44. The third kappa shape index (κ3) is 4.92. The molecule has 1 aliphatic carbocycles. The zero-order valence-electron chi connectivity index (χ0n) is 12.5. The van der Waals surface area contributed by atoms with Gasteiger partial charge in [-0.25, -0.2) is 9.18 Å². The molecule has 0 heterocycles. The quantitative estimate of drug-likeness (QED) is 0.668. The first-order valence-corrected chi connectivity index (χ1v) is 7.36. The molecular weight excluding hydrogens is 299 g/mol. The van der Waals surface area contributed by atoms with Gasteiger partial charge in [0.2, 0.25) is 0 Å². The molecule has 0 unspecified atom stereocenters. The maximum absolute atomic E-state index is 12.7. The van der Waals surface area contributed by atoms with Crippen molar-refractivity contribution in [1.82, 2.24) is 5.32 Å². The Kier molecular flexibility index (Phi) is 5.47. The monoisotopic (exact) mass is 316 g/mol. The highest BCUT2D eigenvalue weighted by atomic mass is 19.1. The average molecular weight is 316 g/mol. The van der Waals surface area contributed by atoms with Crippen molar-refractivity contribution < 1.29 is 18.7 Å². The number of hydrogen-bond acceptors (Lipinski definition) is 4. The Balaban J connectivity index is 1.78. The Bertz CT molecular complexity index is 641. The van der Waals surface area contributed by atoms with E-state index in [1.54, 1.807) is 0 Å². The molecule has 0 radical (unpaired) electrons. The smallest absolute Gasteiger partial charge is 0.331 e. The Morgan fingerprint density at radius 1 is 1.30 bits per heavy atom. The van der Waals surface area contributed by atoms with Crippen LogP contribution in [0.3, 0.4) is 0 Å². The fourth-order valence-electron chi connectivity index (χ4n) is 2.47. The summed E-state index contributed by atoms with van der Waals surface area (Å²) in [5.74, 6) is -1.53. The molecule has 1 aromatic rings.